The van der Waals surface area contributed by atoms with E-state index in [-0.39, 0.29) is 37.0 Å². The van der Waals surface area contributed by atoms with E-state index in [1.54, 1.807) is 0 Å². The van der Waals surface area contributed by atoms with Gasteiger partial charge in [-0.05, 0) is 0 Å². The van der Waals surface area contributed by atoms with Gasteiger partial charge in [0.05, 0.1) is 19.1 Å². The number of fused-ring (bicyclic) bond motifs is 1. The van der Waals surface area contributed by atoms with Gasteiger partial charge >= 0.3 is 5.97 Å². The van der Waals surface area contributed by atoms with Crippen LogP contribution < -0.4 is 0 Å². The Kier molecular flexibility index (Phi) is 2.71. The van der Waals surface area contributed by atoms with E-state index in [2.05, 4.69) is 0 Å². The van der Waals surface area contributed by atoms with Gasteiger partial charge < -0.3 is 19.3 Å². The van der Waals surface area contributed by atoms with Gasteiger partial charge in [0.2, 0.25) is 0 Å². The lowest BCUT2D eigenvalue weighted by Gasteiger charge is -2.35. The fourth-order valence-electron chi connectivity index (χ4n) is 2.09. The first-order chi connectivity index (χ1) is 6.74. The molecule has 0 saturated carbocycles. The summed E-state index contributed by atoms with van der Waals surface area (Å²) in [7, 11) is 1.54. The highest BCUT2D eigenvalue weighted by Crippen LogP contribution is 2.35. The van der Waals surface area contributed by atoms with Crippen LogP contribution in [0.4, 0.5) is 0 Å². The van der Waals surface area contributed by atoms with Crippen molar-refractivity contribution in [3.63, 3.8) is 0 Å². The minimum absolute atomic E-state index is 0.0149. The first kappa shape index (κ1) is 9.89. The maximum atomic E-state index is 11.1. The van der Waals surface area contributed by atoms with Gasteiger partial charge in [0.1, 0.15) is 6.10 Å². The SMILES string of the molecule is CO[C@@H]1C[C@@H]2OC(=O)C[C@@H]2[C@@H](CO)O1. The zero-order valence-electron chi connectivity index (χ0n) is 8.01. The summed E-state index contributed by atoms with van der Waals surface area (Å²) in [6, 6.07) is 0. The Bertz CT molecular complexity index is 229. The normalized spacial score (nSPS) is 42.0. The molecule has 2 heterocycles. The third-order valence-corrected chi connectivity index (χ3v) is 2.83. The molecule has 5 nitrogen and oxygen atoms in total. The molecule has 1 N–H and O–H groups in total. The lowest BCUT2D eigenvalue weighted by atomic mass is 9.90. The molecule has 0 radical (unpaired) electrons. The van der Waals surface area contributed by atoms with Crippen LogP contribution in [0.15, 0.2) is 0 Å². The fraction of sp³-hybridized carbons (Fsp3) is 0.889. The van der Waals surface area contributed by atoms with Crippen molar-refractivity contribution in [3.8, 4) is 0 Å². The summed E-state index contributed by atoms with van der Waals surface area (Å²) in [5, 5.41) is 9.09. The summed E-state index contributed by atoms with van der Waals surface area (Å²) < 4.78 is 15.6. The van der Waals surface area contributed by atoms with Crippen molar-refractivity contribution in [3.05, 3.63) is 0 Å². The van der Waals surface area contributed by atoms with Gasteiger partial charge in [-0.1, -0.05) is 0 Å². The molecule has 0 aromatic rings. The molecule has 2 saturated heterocycles. The Labute approximate surface area is 81.9 Å². The van der Waals surface area contributed by atoms with Crippen molar-refractivity contribution in [2.75, 3.05) is 13.7 Å². The van der Waals surface area contributed by atoms with Crippen LogP contribution in [0.25, 0.3) is 0 Å². The highest BCUT2D eigenvalue weighted by Gasteiger charge is 2.46. The number of hydrogen-bond donors (Lipinski definition) is 1. The quantitative estimate of drug-likeness (QED) is 0.621. The maximum Gasteiger partial charge on any atom is 0.306 e. The molecule has 0 spiro atoms. The van der Waals surface area contributed by atoms with Crippen LogP contribution in [0.3, 0.4) is 0 Å². The number of hydrogen-bond acceptors (Lipinski definition) is 5. The molecule has 0 aromatic heterocycles. The molecule has 5 heteroatoms. The first-order valence-corrected chi connectivity index (χ1v) is 4.73. The number of methoxy groups -OCH3 is 1. The topological polar surface area (TPSA) is 65.0 Å². The van der Waals surface area contributed by atoms with E-state index >= 15 is 0 Å². The number of ether oxygens (including phenoxy) is 3. The first-order valence-electron chi connectivity index (χ1n) is 4.73. The van der Waals surface area contributed by atoms with Crippen molar-refractivity contribution in [2.45, 2.75) is 31.3 Å². The van der Waals surface area contributed by atoms with Gasteiger partial charge in [-0.15, -0.1) is 0 Å². The van der Waals surface area contributed by atoms with Crippen LogP contribution in [0, 0.1) is 5.92 Å². The Morgan fingerprint density at radius 1 is 1.64 bits per heavy atom. The predicted molar refractivity (Wildman–Crippen MR) is 45.4 cm³/mol. The van der Waals surface area contributed by atoms with Crippen molar-refractivity contribution in [1.29, 1.82) is 0 Å². The predicted octanol–water partition coefficient (Wildman–Crippen LogP) is -0.328. The summed E-state index contributed by atoms with van der Waals surface area (Å²) >= 11 is 0. The van der Waals surface area contributed by atoms with E-state index in [0.717, 1.165) is 0 Å². The zero-order chi connectivity index (χ0) is 10.1. The molecular weight excluding hydrogens is 188 g/mol. The summed E-state index contributed by atoms with van der Waals surface area (Å²) in [6.07, 6.45) is 0.0261. The lowest BCUT2D eigenvalue weighted by molar-refractivity contribution is -0.224. The summed E-state index contributed by atoms with van der Waals surface area (Å²) in [5.41, 5.74) is 0. The standard InChI is InChI=1S/C9H14O5/c1-12-9-3-6-5(2-8(11)13-6)7(4-10)14-9/h5-7,9-10H,2-4H2,1H3/t5-,6-,7+,9-/m0/s1. The molecule has 14 heavy (non-hydrogen) atoms. The van der Waals surface area contributed by atoms with Crippen LogP contribution >= 0.6 is 0 Å². The minimum Gasteiger partial charge on any atom is -0.462 e. The van der Waals surface area contributed by atoms with Crippen molar-refractivity contribution in [1.82, 2.24) is 0 Å². The summed E-state index contributed by atoms with van der Waals surface area (Å²) in [4.78, 5) is 11.1. The molecule has 0 bridgehead atoms. The molecule has 80 valence electrons. The van der Waals surface area contributed by atoms with E-state index in [0.29, 0.717) is 12.8 Å². The zero-order valence-corrected chi connectivity index (χ0v) is 8.01. The number of carbonyl (C=O) groups excluding carboxylic acids is 1. The molecule has 2 aliphatic rings. The highest BCUT2D eigenvalue weighted by atomic mass is 16.7. The van der Waals surface area contributed by atoms with E-state index < -0.39 is 0 Å². The highest BCUT2D eigenvalue weighted by molar-refractivity contribution is 5.72. The molecule has 4 atom stereocenters. The second-order valence-electron chi connectivity index (χ2n) is 3.65. The number of esters is 1. The largest absolute Gasteiger partial charge is 0.462 e. The van der Waals surface area contributed by atoms with Gasteiger partial charge in [-0.3, -0.25) is 4.79 Å². The molecule has 0 aliphatic carbocycles. The van der Waals surface area contributed by atoms with Gasteiger partial charge in [-0.25, -0.2) is 0 Å². The van der Waals surface area contributed by atoms with E-state index in [1.165, 1.54) is 7.11 Å². The smallest absolute Gasteiger partial charge is 0.306 e. The molecule has 2 aliphatic heterocycles. The summed E-state index contributed by atoms with van der Waals surface area (Å²) in [6.45, 7) is -0.0995. The van der Waals surface area contributed by atoms with Crippen molar-refractivity contribution in [2.24, 2.45) is 5.92 Å². The van der Waals surface area contributed by atoms with Crippen LogP contribution in [0.2, 0.25) is 0 Å². The molecule has 0 aromatic carbocycles. The Hall–Kier alpha value is -0.650. The number of aliphatic hydroxyl groups excluding tert-OH is 1. The van der Waals surface area contributed by atoms with Crippen LogP contribution in [0.5, 0.6) is 0 Å². The molecule has 0 amide bonds. The molecule has 2 fully saturated rings. The monoisotopic (exact) mass is 202 g/mol. The Balaban J connectivity index is 2.07. The van der Waals surface area contributed by atoms with Crippen molar-refractivity contribution >= 4 is 5.97 Å². The van der Waals surface area contributed by atoms with E-state index in [4.69, 9.17) is 19.3 Å². The number of carbonyl (C=O) groups is 1. The van der Waals surface area contributed by atoms with E-state index in [1.807, 2.05) is 0 Å². The Morgan fingerprint density at radius 2 is 2.43 bits per heavy atom. The number of rotatable bonds is 2. The molecule has 2 rings (SSSR count). The van der Waals surface area contributed by atoms with Crippen LogP contribution in [0.1, 0.15) is 12.8 Å². The van der Waals surface area contributed by atoms with Gasteiger partial charge in [0.25, 0.3) is 0 Å². The Morgan fingerprint density at radius 3 is 3.07 bits per heavy atom. The lowest BCUT2D eigenvalue weighted by Crippen LogP contribution is -2.44. The second kappa shape index (κ2) is 3.84. The average molecular weight is 202 g/mol. The molecule has 0 unspecified atom stereocenters. The van der Waals surface area contributed by atoms with Gasteiger partial charge in [0.15, 0.2) is 6.29 Å². The minimum atomic E-state index is -0.376. The third kappa shape index (κ3) is 1.63. The average Bonchev–Trinajstić information content (AvgIpc) is 2.56. The molecular formula is C9H14O5. The van der Waals surface area contributed by atoms with Crippen LogP contribution in [-0.2, 0) is 19.0 Å². The van der Waals surface area contributed by atoms with Gasteiger partial charge in [0, 0.05) is 19.4 Å². The third-order valence-electron chi connectivity index (χ3n) is 2.83. The van der Waals surface area contributed by atoms with Crippen molar-refractivity contribution < 1.29 is 24.1 Å². The van der Waals surface area contributed by atoms with Gasteiger partial charge in [-0.2, -0.15) is 0 Å². The van der Waals surface area contributed by atoms with Crippen LogP contribution in [-0.4, -0.2) is 43.3 Å². The van der Waals surface area contributed by atoms with E-state index in [9.17, 15) is 4.79 Å². The fourth-order valence-corrected chi connectivity index (χ4v) is 2.09. The number of aliphatic hydroxyl groups is 1. The maximum absolute atomic E-state index is 11.1. The second-order valence-corrected chi connectivity index (χ2v) is 3.65. The summed E-state index contributed by atoms with van der Waals surface area (Å²) in [5.74, 6) is -0.224.